The summed E-state index contributed by atoms with van der Waals surface area (Å²) in [4.78, 5) is 27.5. The van der Waals surface area contributed by atoms with Crippen LogP contribution in [0.2, 0.25) is 0 Å². The molecular formula is C34H44N4O4. The fraction of sp³-hybridized carbons (Fsp3) is 0.412. The van der Waals surface area contributed by atoms with Crippen LogP contribution in [0.15, 0.2) is 66.7 Å². The van der Waals surface area contributed by atoms with Crippen LogP contribution in [-0.2, 0) is 0 Å². The van der Waals surface area contributed by atoms with Crippen LogP contribution >= 0.6 is 0 Å². The minimum Gasteiger partial charge on any atom is -0.490 e. The van der Waals surface area contributed by atoms with Crippen LogP contribution in [0.3, 0.4) is 0 Å². The quantitative estimate of drug-likeness (QED) is 0.220. The van der Waals surface area contributed by atoms with Crippen molar-refractivity contribution >= 4 is 23.3 Å². The molecule has 3 aromatic rings. The molecule has 1 fully saturated rings. The number of likely N-dealkylation sites (tertiary alicyclic amines) is 1. The molecule has 3 N–H and O–H groups in total. The van der Waals surface area contributed by atoms with Crippen molar-refractivity contribution in [3.05, 3.63) is 77.9 Å². The van der Waals surface area contributed by atoms with Crippen molar-refractivity contribution < 1.29 is 19.1 Å². The summed E-state index contributed by atoms with van der Waals surface area (Å²) in [6, 6.07) is 20.6. The zero-order valence-corrected chi connectivity index (χ0v) is 25.4. The van der Waals surface area contributed by atoms with Gasteiger partial charge in [-0.1, -0.05) is 13.8 Å². The molecule has 1 aliphatic heterocycles. The summed E-state index contributed by atoms with van der Waals surface area (Å²) in [5.74, 6) is 1.94. The number of urea groups is 1. The first-order valence-electron chi connectivity index (χ1n) is 15.0. The fourth-order valence-electron chi connectivity index (χ4n) is 5.01. The molecule has 1 heterocycles. The number of carbonyl (C=O) groups is 2. The number of anilines is 2. The standard InChI is InChI=1S/C34H44N4O4/c1-6-26(7-2)36-34(40)37-27-10-15-30(16-11-27)42-32-17-12-28(22-24(32)5)35-33(39)25-8-13-29(14-9-25)41-31-18-20-38(21-19-31)23(3)4/h8-17,22-23,26,31H,6-7,18-21H2,1-5H3,(H,35,39)(H2,36,37,40). The molecule has 1 aliphatic rings. The third-order valence-corrected chi connectivity index (χ3v) is 7.72. The van der Waals surface area contributed by atoms with Gasteiger partial charge in [-0.3, -0.25) is 4.79 Å². The van der Waals surface area contributed by atoms with Crippen molar-refractivity contribution in [2.24, 2.45) is 0 Å². The van der Waals surface area contributed by atoms with Crippen LogP contribution in [0.5, 0.6) is 17.2 Å². The largest absolute Gasteiger partial charge is 0.490 e. The van der Waals surface area contributed by atoms with Gasteiger partial charge < -0.3 is 30.3 Å². The first kappa shape index (κ1) is 30.9. The molecule has 0 spiro atoms. The van der Waals surface area contributed by atoms with Gasteiger partial charge in [0, 0.05) is 42.1 Å². The van der Waals surface area contributed by atoms with E-state index in [9.17, 15) is 9.59 Å². The van der Waals surface area contributed by atoms with Crippen LogP contribution in [0.25, 0.3) is 0 Å². The summed E-state index contributed by atoms with van der Waals surface area (Å²) >= 11 is 0. The molecule has 0 bridgehead atoms. The highest BCUT2D eigenvalue weighted by Crippen LogP contribution is 2.29. The second-order valence-corrected chi connectivity index (χ2v) is 11.1. The van der Waals surface area contributed by atoms with E-state index in [4.69, 9.17) is 9.47 Å². The predicted molar refractivity (Wildman–Crippen MR) is 169 cm³/mol. The van der Waals surface area contributed by atoms with Crippen molar-refractivity contribution in [3.8, 4) is 17.2 Å². The maximum absolute atomic E-state index is 12.9. The Morgan fingerprint density at radius 2 is 1.48 bits per heavy atom. The number of nitrogens with zero attached hydrogens (tertiary/aromatic N) is 1. The van der Waals surface area contributed by atoms with Crippen LogP contribution in [0.4, 0.5) is 16.2 Å². The highest BCUT2D eigenvalue weighted by molar-refractivity contribution is 6.04. The van der Waals surface area contributed by atoms with Gasteiger partial charge in [0.15, 0.2) is 0 Å². The molecule has 0 saturated carbocycles. The second kappa shape index (κ2) is 14.7. The van der Waals surface area contributed by atoms with E-state index in [0.29, 0.717) is 34.5 Å². The molecular weight excluding hydrogens is 528 g/mol. The van der Waals surface area contributed by atoms with Crippen molar-refractivity contribution in [3.63, 3.8) is 0 Å². The Balaban J connectivity index is 1.27. The van der Waals surface area contributed by atoms with E-state index in [-0.39, 0.29) is 24.1 Å². The molecule has 224 valence electrons. The summed E-state index contributed by atoms with van der Waals surface area (Å²) in [5, 5.41) is 8.78. The number of piperidine rings is 1. The topological polar surface area (TPSA) is 91.9 Å². The molecule has 8 nitrogen and oxygen atoms in total. The molecule has 4 rings (SSSR count). The molecule has 0 unspecified atom stereocenters. The number of hydrogen-bond acceptors (Lipinski definition) is 5. The lowest BCUT2D eigenvalue weighted by Crippen LogP contribution is -2.41. The minimum absolute atomic E-state index is 0.159. The smallest absolute Gasteiger partial charge is 0.319 e. The number of ether oxygens (including phenoxy) is 2. The van der Waals surface area contributed by atoms with Gasteiger partial charge in [-0.25, -0.2) is 4.79 Å². The van der Waals surface area contributed by atoms with E-state index in [1.165, 1.54) is 0 Å². The Morgan fingerprint density at radius 1 is 0.857 bits per heavy atom. The van der Waals surface area contributed by atoms with Gasteiger partial charge in [0.05, 0.1) is 0 Å². The summed E-state index contributed by atoms with van der Waals surface area (Å²) in [6.07, 6.45) is 4.01. The van der Waals surface area contributed by atoms with Crippen molar-refractivity contribution in [2.45, 2.75) is 78.5 Å². The van der Waals surface area contributed by atoms with Crippen molar-refractivity contribution in [1.29, 1.82) is 0 Å². The molecule has 0 aromatic heterocycles. The summed E-state index contributed by atoms with van der Waals surface area (Å²) in [5.41, 5.74) is 2.82. The molecule has 0 atom stereocenters. The molecule has 8 heteroatoms. The molecule has 0 radical (unpaired) electrons. The minimum atomic E-state index is -0.215. The molecule has 1 saturated heterocycles. The van der Waals surface area contributed by atoms with Crippen LogP contribution < -0.4 is 25.4 Å². The molecule has 0 aliphatic carbocycles. The fourth-order valence-corrected chi connectivity index (χ4v) is 5.01. The first-order valence-corrected chi connectivity index (χ1v) is 15.0. The molecule has 3 amide bonds. The third kappa shape index (κ3) is 8.73. The monoisotopic (exact) mass is 572 g/mol. The van der Waals surface area contributed by atoms with Gasteiger partial charge in [-0.05, 0) is 119 Å². The number of aryl methyl sites for hydroxylation is 1. The average molecular weight is 573 g/mol. The summed E-state index contributed by atoms with van der Waals surface area (Å²) in [6.45, 7) is 12.6. The zero-order chi connectivity index (χ0) is 30.1. The Hall–Kier alpha value is -4.04. The maximum atomic E-state index is 12.9. The lowest BCUT2D eigenvalue weighted by Gasteiger charge is -2.34. The van der Waals surface area contributed by atoms with E-state index >= 15 is 0 Å². The van der Waals surface area contributed by atoms with E-state index < -0.39 is 0 Å². The predicted octanol–water partition coefficient (Wildman–Crippen LogP) is 7.60. The number of benzene rings is 3. The normalized spacial score (nSPS) is 14.1. The average Bonchev–Trinajstić information content (AvgIpc) is 2.99. The number of carbonyl (C=O) groups excluding carboxylic acids is 2. The molecule has 42 heavy (non-hydrogen) atoms. The SMILES string of the molecule is CCC(CC)NC(=O)Nc1ccc(Oc2ccc(NC(=O)c3ccc(OC4CCN(C(C)C)CC4)cc3)cc2C)cc1. The second-order valence-electron chi connectivity index (χ2n) is 11.1. The summed E-state index contributed by atoms with van der Waals surface area (Å²) in [7, 11) is 0. The van der Waals surface area contributed by atoms with Gasteiger partial charge in [-0.15, -0.1) is 0 Å². The Bertz CT molecular complexity index is 1310. The number of rotatable bonds is 11. The van der Waals surface area contributed by atoms with Crippen molar-refractivity contribution in [2.75, 3.05) is 23.7 Å². The Kier molecular flexibility index (Phi) is 10.8. The van der Waals surface area contributed by atoms with Gasteiger partial charge in [-0.2, -0.15) is 0 Å². The van der Waals surface area contributed by atoms with Gasteiger partial charge in [0.25, 0.3) is 5.91 Å². The lowest BCUT2D eigenvalue weighted by atomic mass is 10.1. The Morgan fingerprint density at radius 3 is 2.07 bits per heavy atom. The first-order chi connectivity index (χ1) is 20.2. The van der Waals surface area contributed by atoms with Crippen molar-refractivity contribution in [1.82, 2.24) is 10.2 Å². The third-order valence-electron chi connectivity index (χ3n) is 7.72. The summed E-state index contributed by atoms with van der Waals surface area (Å²) < 4.78 is 12.2. The highest BCUT2D eigenvalue weighted by Gasteiger charge is 2.22. The lowest BCUT2D eigenvalue weighted by molar-refractivity contribution is 0.0843. The van der Waals surface area contributed by atoms with Gasteiger partial charge in [0.1, 0.15) is 23.4 Å². The van der Waals surface area contributed by atoms with Crippen LogP contribution in [0.1, 0.15) is 69.3 Å². The van der Waals surface area contributed by atoms with E-state index in [1.54, 1.807) is 24.3 Å². The van der Waals surface area contributed by atoms with Crippen LogP contribution in [-0.4, -0.2) is 48.1 Å². The zero-order valence-electron chi connectivity index (χ0n) is 25.4. The van der Waals surface area contributed by atoms with E-state index in [0.717, 1.165) is 50.1 Å². The molecule has 3 aromatic carbocycles. The van der Waals surface area contributed by atoms with E-state index in [2.05, 4.69) is 48.5 Å². The number of nitrogens with one attached hydrogen (secondary N) is 3. The maximum Gasteiger partial charge on any atom is 0.319 e. The highest BCUT2D eigenvalue weighted by atomic mass is 16.5. The number of amides is 3. The van der Waals surface area contributed by atoms with Crippen LogP contribution in [0, 0.1) is 6.92 Å². The van der Waals surface area contributed by atoms with E-state index in [1.807, 2.05) is 49.4 Å². The van der Waals surface area contributed by atoms with Gasteiger partial charge >= 0.3 is 6.03 Å². The van der Waals surface area contributed by atoms with Gasteiger partial charge in [0.2, 0.25) is 0 Å². The Labute approximate surface area is 249 Å². The number of hydrogen-bond donors (Lipinski definition) is 3.